The van der Waals surface area contributed by atoms with Gasteiger partial charge in [-0.15, -0.1) is 0 Å². The number of esters is 1. The molecule has 0 fully saturated rings. The summed E-state index contributed by atoms with van der Waals surface area (Å²) in [6.07, 6.45) is 5.30. The Labute approximate surface area is 63.2 Å². The number of allylic oxidation sites excluding steroid dienone is 2. The van der Waals surface area contributed by atoms with Gasteiger partial charge in [0, 0.05) is 11.8 Å². The van der Waals surface area contributed by atoms with E-state index in [4.69, 9.17) is 4.74 Å². The minimum absolute atomic E-state index is 0.215. The number of carbonyl (C=O) groups is 1. The summed E-state index contributed by atoms with van der Waals surface area (Å²) in [4.78, 5) is 10.7. The van der Waals surface area contributed by atoms with Crippen molar-refractivity contribution in [2.45, 2.75) is 6.42 Å². The fourth-order valence-corrected chi connectivity index (χ4v) is 0.994. The van der Waals surface area contributed by atoms with E-state index >= 15 is 0 Å². The molecule has 0 unspecified atom stereocenters. The summed E-state index contributed by atoms with van der Waals surface area (Å²) in [6.45, 7) is 0. The minimum Gasteiger partial charge on any atom is -0.424 e. The van der Waals surface area contributed by atoms with E-state index in [1.165, 1.54) is 6.21 Å². The van der Waals surface area contributed by atoms with E-state index in [0.29, 0.717) is 12.2 Å². The number of carbonyl (C=O) groups excluding carboxylic acids is 1. The first-order valence-corrected chi connectivity index (χ1v) is 3.25. The first-order chi connectivity index (χ1) is 5.36. The number of nitrogens with zero attached hydrogens (tertiary/aromatic N) is 1. The number of hydrogen-bond acceptors (Lipinski definition) is 4. The second kappa shape index (κ2) is 2.23. The van der Waals surface area contributed by atoms with Crippen LogP contribution in [0.4, 0.5) is 0 Å². The Hall–Kier alpha value is -1.58. The van der Waals surface area contributed by atoms with Crippen LogP contribution in [-0.4, -0.2) is 12.2 Å². The molecule has 1 N–H and O–H groups in total. The Morgan fingerprint density at radius 3 is 3.45 bits per heavy atom. The lowest BCUT2D eigenvalue weighted by Gasteiger charge is -1.91. The van der Waals surface area contributed by atoms with E-state index in [2.05, 4.69) is 10.5 Å². The molecular formula is C7H6N2O2. The van der Waals surface area contributed by atoms with Crippen LogP contribution in [0.2, 0.25) is 0 Å². The Morgan fingerprint density at radius 2 is 2.55 bits per heavy atom. The quantitative estimate of drug-likeness (QED) is 0.505. The Bertz CT molecular complexity index is 263. The molecule has 2 aliphatic rings. The van der Waals surface area contributed by atoms with Gasteiger partial charge in [-0.2, -0.15) is 5.10 Å². The van der Waals surface area contributed by atoms with Crippen molar-refractivity contribution in [2.24, 2.45) is 5.10 Å². The summed E-state index contributed by atoms with van der Waals surface area (Å²) in [7, 11) is 0. The SMILES string of the molecule is O=C1CC2=C(C=NNC=C2)O1. The van der Waals surface area contributed by atoms with Gasteiger partial charge in [0.25, 0.3) is 0 Å². The minimum atomic E-state index is -0.215. The maximum atomic E-state index is 10.7. The maximum absolute atomic E-state index is 10.7. The molecule has 0 aromatic carbocycles. The van der Waals surface area contributed by atoms with Crippen LogP contribution in [0.5, 0.6) is 0 Å². The van der Waals surface area contributed by atoms with Crippen LogP contribution >= 0.6 is 0 Å². The molecule has 0 amide bonds. The molecule has 0 aromatic rings. The highest BCUT2D eigenvalue weighted by molar-refractivity contribution is 5.90. The highest BCUT2D eigenvalue weighted by Gasteiger charge is 2.20. The third-order valence-corrected chi connectivity index (χ3v) is 1.49. The second-order valence-electron chi connectivity index (χ2n) is 2.26. The highest BCUT2D eigenvalue weighted by atomic mass is 16.5. The highest BCUT2D eigenvalue weighted by Crippen LogP contribution is 2.20. The monoisotopic (exact) mass is 150 g/mol. The lowest BCUT2D eigenvalue weighted by Crippen LogP contribution is -1.97. The molecule has 2 heterocycles. The maximum Gasteiger partial charge on any atom is 0.315 e. The van der Waals surface area contributed by atoms with E-state index in [0.717, 1.165) is 5.57 Å². The average molecular weight is 150 g/mol. The summed E-state index contributed by atoms with van der Waals surface area (Å²) in [5, 5.41) is 3.75. The predicted octanol–water partition coefficient (Wildman–Crippen LogP) is 0.290. The van der Waals surface area contributed by atoms with Crippen molar-refractivity contribution in [3.8, 4) is 0 Å². The van der Waals surface area contributed by atoms with E-state index in [1.54, 1.807) is 12.3 Å². The predicted molar refractivity (Wildman–Crippen MR) is 38.5 cm³/mol. The summed E-state index contributed by atoms with van der Waals surface area (Å²) in [6, 6.07) is 0. The van der Waals surface area contributed by atoms with Crippen molar-refractivity contribution < 1.29 is 9.53 Å². The van der Waals surface area contributed by atoms with E-state index < -0.39 is 0 Å². The standard InChI is InChI=1S/C7H6N2O2/c10-7-3-5-1-2-8-9-4-6(5)11-7/h1-2,4,8H,3H2. The first kappa shape index (κ1) is 6.15. The molecule has 4 heteroatoms. The zero-order valence-corrected chi connectivity index (χ0v) is 5.70. The van der Waals surface area contributed by atoms with Gasteiger partial charge < -0.3 is 4.74 Å². The van der Waals surface area contributed by atoms with Crippen LogP contribution in [0, 0.1) is 0 Å². The molecule has 4 nitrogen and oxygen atoms in total. The summed E-state index contributed by atoms with van der Waals surface area (Å²) >= 11 is 0. The number of ether oxygens (including phenoxy) is 1. The van der Waals surface area contributed by atoms with Crippen LogP contribution in [-0.2, 0) is 9.53 Å². The molecule has 0 radical (unpaired) electrons. The molecule has 0 bridgehead atoms. The normalized spacial score (nSPS) is 20.9. The Morgan fingerprint density at radius 1 is 1.64 bits per heavy atom. The van der Waals surface area contributed by atoms with E-state index in [-0.39, 0.29) is 5.97 Å². The van der Waals surface area contributed by atoms with Gasteiger partial charge in [0.05, 0.1) is 12.6 Å². The lowest BCUT2D eigenvalue weighted by atomic mass is 10.2. The molecule has 2 aliphatic heterocycles. The van der Waals surface area contributed by atoms with Gasteiger partial charge in [-0.3, -0.25) is 10.2 Å². The van der Waals surface area contributed by atoms with Crippen molar-refractivity contribution in [3.05, 3.63) is 23.6 Å². The molecule has 2 rings (SSSR count). The zero-order valence-electron chi connectivity index (χ0n) is 5.70. The van der Waals surface area contributed by atoms with Crippen molar-refractivity contribution in [1.29, 1.82) is 0 Å². The topological polar surface area (TPSA) is 50.7 Å². The third-order valence-electron chi connectivity index (χ3n) is 1.49. The molecule has 0 atom stereocenters. The lowest BCUT2D eigenvalue weighted by molar-refractivity contribution is -0.135. The molecule has 0 aliphatic carbocycles. The van der Waals surface area contributed by atoms with E-state index in [9.17, 15) is 4.79 Å². The van der Waals surface area contributed by atoms with Gasteiger partial charge >= 0.3 is 5.97 Å². The molecule has 0 saturated carbocycles. The molecule has 0 saturated heterocycles. The van der Waals surface area contributed by atoms with Crippen LogP contribution in [0.15, 0.2) is 28.7 Å². The van der Waals surface area contributed by atoms with Gasteiger partial charge in [0.1, 0.15) is 0 Å². The molecule has 0 aromatic heterocycles. The fourth-order valence-electron chi connectivity index (χ4n) is 0.994. The largest absolute Gasteiger partial charge is 0.424 e. The van der Waals surface area contributed by atoms with Gasteiger partial charge in [0.15, 0.2) is 5.76 Å². The molecule has 11 heavy (non-hydrogen) atoms. The first-order valence-electron chi connectivity index (χ1n) is 3.25. The third kappa shape index (κ3) is 1.02. The number of hydrogen-bond donors (Lipinski definition) is 1. The molecule has 56 valence electrons. The zero-order chi connectivity index (χ0) is 7.68. The van der Waals surface area contributed by atoms with Crippen LogP contribution in [0.25, 0.3) is 0 Å². The van der Waals surface area contributed by atoms with Crippen molar-refractivity contribution >= 4 is 12.2 Å². The smallest absolute Gasteiger partial charge is 0.315 e. The second-order valence-corrected chi connectivity index (χ2v) is 2.26. The van der Waals surface area contributed by atoms with Crippen molar-refractivity contribution in [1.82, 2.24) is 5.43 Å². The number of hydrazone groups is 1. The van der Waals surface area contributed by atoms with E-state index in [1.807, 2.05) is 0 Å². The Kier molecular flexibility index (Phi) is 1.25. The molecular weight excluding hydrogens is 144 g/mol. The average Bonchev–Trinajstić information content (AvgIpc) is 2.17. The van der Waals surface area contributed by atoms with Crippen molar-refractivity contribution in [3.63, 3.8) is 0 Å². The van der Waals surface area contributed by atoms with Crippen LogP contribution in [0.1, 0.15) is 6.42 Å². The fraction of sp³-hybridized carbons (Fsp3) is 0.143. The summed E-state index contributed by atoms with van der Waals surface area (Å²) in [5.74, 6) is 0.337. The van der Waals surface area contributed by atoms with Crippen molar-refractivity contribution in [2.75, 3.05) is 0 Å². The molecule has 0 spiro atoms. The van der Waals surface area contributed by atoms with Gasteiger partial charge in [-0.25, -0.2) is 0 Å². The number of nitrogens with one attached hydrogen (secondary N) is 1. The van der Waals surface area contributed by atoms with Gasteiger partial charge in [-0.05, 0) is 6.08 Å². The number of rotatable bonds is 0. The van der Waals surface area contributed by atoms with Crippen LogP contribution in [0.3, 0.4) is 0 Å². The summed E-state index contributed by atoms with van der Waals surface area (Å²) < 4.78 is 4.85. The Balaban J connectivity index is 2.35. The van der Waals surface area contributed by atoms with Gasteiger partial charge in [0.2, 0.25) is 0 Å². The summed E-state index contributed by atoms with van der Waals surface area (Å²) in [5.41, 5.74) is 3.53. The van der Waals surface area contributed by atoms with Gasteiger partial charge in [-0.1, -0.05) is 0 Å². The van der Waals surface area contributed by atoms with Crippen LogP contribution < -0.4 is 5.43 Å².